The fourth-order valence-electron chi connectivity index (χ4n) is 3.10. The second kappa shape index (κ2) is 8.29. The molecule has 1 aromatic heterocycles. The van der Waals surface area contributed by atoms with Crippen LogP contribution in [-0.2, 0) is 0 Å². The zero-order valence-electron chi connectivity index (χ0n) is 16.2. The molecule has 1 aliphatic rings. The number of nitrogens with one attached hydrogen (secondary N) is 2. The van der Waals surface area contributed by atoms with Crippen LogP contribution >= 0.6 is 23.7 Å². The molecule has 4 N–H and O–H groups in total. The van der Waals surface area contributed by atoms with Crippen molar-refractivity contribution in [3.8, 4) is 5.75 Å². The highest BCUT2D eigenvalue weighted by Gasteiger charge is 2.18. The van der Waals surface area contributed by atoms with Crippen molar-refractivity contribution in [1.82, 2.24) is 19.2 Å². The molecule has 0 amide bonds. The molecular formula is C19H23ClN6O2S. The van der Waals surface area contributed by atoms with Gasteiger partial charge in [0, 0.05) is 31.2 Å². The first-order valence-corrected chi connectivity index (χ1v) is 10.4. The average Bonchev–Trinajstić information content (AvgIpc) is 3.09. The number of phenols is 1. The standard InChI is InChI=1S/C19H23ClN6O2S/c1-12-9-18(27)17(11-14(12)20)23-19-21-15-4-3-13(10-16(15)22-19)26(28)29-25-7-5-24(2)6-8-25/h3-4,9-11,27-28H,5-8H2,1-2H3,(H2,21,22,23). The predicted molar refractivity (Wildman–Crippen MR) is 118 cm³/mol. The van der Waals surface area contributed by atoms with E-state index in [1.54, 1.807) is 12.1 Å². The van der Waals surface area contributed by atoms with Gasteiger partial charge in [-0.2, -0.15) is 4.47 Å². The molecule has 0 atom stereocenters. The van der Waals surface area contributed by atoms with Gasteiger partial charge in [0.25, 0.3) is 0 Å². The van der Waals surface area contributed by atoms with Gasteiger partial charge in [-0.3, -0.25) is 5.21 Å². The van der Waals surface area contributed by atoms with Gasteiger partial charge in [0.2, 0.25) is 5.95 Å². The largest absolute Gasteiger partial charge is 0.506 e. The molecular weight excluding hydrogens is 412 g/mol. The summed E-state index contributed by atoms with van der Waals surface area (Å²) in [7, 11) is 2.10. The Morgan fingerprint density at radius 1 is 1.21 bits per heavy atom. The van der Waals surface area contributed by atoms with Crippen LogP contribution in [-0.4, -0.2) is 62.7 Å². The molecule has 0 radical (unpaired) electrons. The van der Waals surface area contributed by atoms with E-state index in [-0.39, 0.29) is 5.75 Å². The number of aromatic nitrogens is 2. The fourth-order valence-corrected chi connectivity index (χ4v) is 4.01. The Labute approximate surface area is 178 Å². The number of aromatic hydroxyl groups is 1. The Bertz CT molecular complexity index is 1020. The molecule has 0 unspecified atom stereocenters. The van der Waals surface area contributed by atoms with E-state index in [1.807, 2.05) is 25.1 Å². The highest BCUT2D eigenvalue weighted by atomic mass is 35.5. The topological polar surface area (TPSA) is 90.9 Å². The number of piperazine rings is 1. The quantitative estimate of drug-likeness (QED) is 0.272. The molecule has 154 valence electrons. The molecule has 1 aliphatic heterocycles. The lowest BCUT2D eigenvalue weighted by molar-refractivity contribution is 0.228. The Balaban J connectivity index is 1.49. The van der Waals surface area contributed by atoms with Crippen LogP contribution in [0.15, 0.2) is 30.3 Å². The summed E-state index contributed by atoms with van der Waals surface area (Å²) in [6.45, 7) is 5.56. The molecule has 10 heteroatoms. The Kier molecular flexibility index (Phi) is 5.75. The van der Waals surface area contributed by atoms with Crippen LogP contribution in [0.3, 0.4) is 0 Å². The lowest BCUT2D eigenvalue weighted by Gasteiger charge is -2.32. The van der Waals surface area contributed by atoms with Crippen LogP contribution in [0.25, 0.3) is 11.0 Å². The summed E-state index contributed by atoms with van der Waals surface area (Å²) < 4.78 is 3.30. The third-order valence-corrected chi connectivity index (χ3v) is 6.24. The Morgan fingerprint density at radius 3 is 2.72 bits per heavy atom. The summed E-state index contributed by atoms with van der Waals surface area (Å²) in [5.74, 6) is 0.571. The number of hydrogen-bond acceptors (Lipinski definition) is 8. The van der Waals surface area contributed by atoms with Gasteiger partial charge in [0.1, 0.15) is 5.75 Å². The fraction of sp³-hybridized carbons (Fsp3) is 0.316. The van der Waals surface area contributed by atoms with Crippen molar-refractivity contribution in [2.24, 2.45) is 0 Å². The van der Waals surface area contributed by atoms with Gasteiger partial charge >= 0.3 is 0 Å². The predicted octanol–water partition coefficient (Wildman–Crippen LogP) is 3.98. The molecule has 1 saturated heterocycles. The van der Waals surface area contributed by atoms with E-state index in [0.717, 1.165) is 42.8 Å². The molecule has 0 spiro atoms. The molecule has 2 aromatic carbocycles. The number of benzene rings is 2. The van der Waals surface area contributed by atoms with Crippen LogP contribution in [0.2, 0.25) is 5.02 Å². The van der Waals surface area contributed by atoms with Crippen molar-refractivity contribution in [2.45, 2.75) is 6.92 Å². The van der Waals surface area contributed by atoms with Gasteiger partial charge in [-0.1, -0.05) is 11.6 Å². The third-order valence-electron chi connectivity index (χ3n) is 4.87. The first kappa shape index (κ1) is 20.1. The number of hydrogen-bond donors (Lipinski definition) is 4. The minimum Gasteiger partial charge on any atom is -0.506 e. The van der Waals surface area contributed by atoms with Gasteiger partial charge in [0.05, 0.1) is 34.5 Å². The zero-order valence-corrected chi connectivity index (χ0v) is 17.8. The number of H-pyrrole nitrogens is 1. The number of nitrogens with zero attached hydrogens (tertiary/aromatic N) is 4. The molecule has 8 nitrogen and oxygen atoms in total. The maximum atomic E-state index is 10.5. The summed E-state index contributed by atoms with van der Waals surface area (Å²) in [5.41, 5.74) is 3.42. The Morgan fingerprint density at radius 2 is 1.97 bits per heavy atom. The van der Waals surface area contributed by atoms with Gasteiger partial charge in [0.15, 0.2) is 0 Å². The van der Waals surface area contributed by atoms with E-state index in [4.69, 9.17) is 11.6 Å². The van der Waals surface area contributed by atoms with Gasteiger partial charge in [-0.25, -0.2) is 9.29 Å². The van der Waals surface area contributed by atoms with Crippen molar-refractivity contribution < 1.29 is 10.3 Å². The van der Waals surface area contributed by atoms with Gasteiger partial charge in [-0.05, 0) is 49.9 Å². The van der Waals surface area contributed by atoms with E-state index >= 15 is 0 Å². The summed E-state index contributed by atoms with van der Waals surface area (Å²) in [6.07, 6.45) is 0. The first-order chi connectivity index (χ1) is 13.9. The van der Waals surface area contributed by atoms with Crippen LogP contribution in [0.5, 0.6) is 5.75 Å². The van der Waals surface area contributed by atoms with Crippen molar-refractivity contribution in [2.75, 3.05) is 43.0 Å². The molecule has 0 bridgehead atoms. The van der Waals surface area contributed by atoms with Crippen LogP contribution < -0.4 is 9.79 Å². The number of aryl methyl sites for hydroxylation is 1. The minimum atomic E-state index is 0.0955. The molecule has 3 aromatic rings. The summed E-state index contributed by atoms with van der Waals surface area (Å²) in [6, 6.07) is 8.74. The minimum absolute atomic E-state index is 0.0955. The number of anilines is 3. The average molecular weight is 435 g/mol. The second-order valence-electron chi connectivity index (χ2n) is 7.12. The molecule has 0 aliphatic carbocycles. The SMILES string of the molecule is Cc1cc(O)c(Nc2nc3ccc(N(O)SN4CCN(C)CC4)cc3[nH]2)cc1Cl. The van der Waals surface area contributed by atoms with Crippen molar-refractivity contribution in [3.05, 3.63) is 40.9 Å². The Hall–Kier alpha value is -2.17. The number of imidazole rings is 1. The number of rotatable bonds is 5. The number of phenolic OH excluding ortho intramolecular Hbond substituents is 1. The van der Waals surface area contributed by atoms with Crippen LogP contribution in [0.4, 0.5) is 17.3 Å². The van der Waals surface area contributed by atoms with E-state index in [9.17, 15) is 10.3 Å². The second-order valence-corrected chi connectivity index (χ2v) is 8.55. The molecule has 2 heterocycles. The molecule has 4 rings (SSSR count). The maximum absolute atomic E-state index is 10.5. The smallest absolute Gasteiger partial charge is 0.205 e. The number of aromatic amines is 1. The lowest BCUT2D eigenvalue weighted by Crippen LogP contribution is -2.42. The summed E-state index contributed by atoms with van der Waals surface area (Å²) >= 11 is 7.45. The number of fused-ring (bicyclic) bond motifs is 1. The highest BCUT2D eigenvalue weighted by molar-refractivity contribution is 7.98. The van der Waals surface area contributed by atoms with E-state index in [1.165, 1.54) is 16.6 Å². The van der Waals surface area contributed by atoms with Gasteiger partial charge in [-0.15, -0.1) is 0 Å². The number of halogens is 1. The first-order valence-electron chi connectivity index (χ1n) is 9.25. The summed E-state index contributed by atoms with van der Waals surface area (Å²) in [4.78, 5) is 9.92. The van der Waals surface area contributed by atoms with Gasteiger partial charge < -0.3 is 20.3 Å². The monoisotopic (exact) mass is 434 g/mol. The van der Waals surface area contributed by atoms with E-state index in [2.05, 4.69) is 31.5 Å². The molecule has 1 fully saturated rings. The third kappa shape index (κ3) is 4.54. The maximum Gasteiger partial charge on any atom is 0.205 e. The van der Waals surface area contributed by atoms with Crippen molar-refractivity contribution in [1.29, 1.82) is 0 Å². The van der Waals surface area contributed by atoms with Crippen molar-refractivity contribution in [3.63, 3.8) is 0 Å². The number of likely N-dealkylation sites (N-methyl/N-ethyl adjacent to an activating group) is 1. The summed E-state index contributed by atoms with van der Waals surface area (Å²) in [5, 5.41) is 24.2. The molecule has 0 saturated carbocycles. The lowest BCUT2D eigenvalue weighted by atomic mass is 10.2. The highest BCUT2D eigenvalue weighted by Crippen LogP contribution is 2.33. The van der Waals surface area contributed by atoms with Crippen LogP contribution in [0.1, 0.15) is 5.56 Å². The molecule has 29 heavy (non-hydrogen) atoms. The van der Waals surface area contributed by atoms with E-state index in [0.29, 0.717) is 22.3 Å². The van der Waals surface area contributed by atoms with Crippen LogP contribution in [0, 0.1) is 6.92 Å². The van der Waals surface area contributed by atoms with Crippen molar-refractivity contribution >= 4 is 52.1 Å². The van der Waals surface area contributed by atoms with E-state index < -0.39 is 0 Å². The zero-order chi connectivity index (χ0) is 20.5. The normalized spacial score (nSPS) is 15.7.